The first-order valence-electron chi connectivity index (χ1n) is 16.8. The van der Waals surface area contributed by atoms with Crippen molar-refractivity contribution in [3.8, 4) is 28.6 Å². The molecule has 0 bridgehead atoms. The van der Waals surface area contributed by atoms with Crippen LogP contribution in [0.4, 0.5) is 15.9 Å². The Morgan fingerprint density at radius 1 is 1.12 bits per heavy atom. The molecule has 4 aromatic rings. The van der Waals surface area contributed by atoms with E-state index in [1.165, 1.54) is 27.3 Å². The zero-order chi connectivity index (χ0) is 35.6. The summed E-state index contributed by atoms with van der Waals surface area (Å²) in [6.07, 6.45) is 7.46. The topological polar surface area (TPSA) is 125 Å². The molecule has 0 spiro atoms. The van der Waals surface area contributed by atoms with Gasteiger partial charge in [-0.1, -0.05) is 19.9 Å². The van der Waals surface area contributed by atoms with Gasteiger partial charge in [0.1, 0.15) is 35.4 Å². The predicted octanol–water partition coefficient (Wildman–Crippen LogP) is 7.08. The molecule has 260 valence electrons. The van der Waals surface area contributed by atoms with Crippen LogP contribution in [0.5, 0.6) is 17.2 Å². The van der Waals surface area contributed by atoms with E-state index in [9.17, 15) is 19.2 Å². The molecule has 1 saturated carbocycles. The number of carbonyl (C=O) groups is 1. The molecule has 1 fully saturated rings. The normalized spacial score (nSPS) is 16.2. The first-order chi connectivity index (χ1) is 24.0. The molecule has 1 amide bonds. The lowest BCUT2D eigenvalue weighted by Gasteiger charge is -2.38. The van der Waals surface area contributed by atoms with Gasteiger partial charge in [0.15, 0.2) is 5.82 Å². The average Bonchev–Trinajstić information content (AvgIpc) is 3.92. The van der Waals surface area contributed by atoms with Crippen molar-refractivity contribution in [1.29, 1.82) is 5.41 Å². The summed E-state index contributed by atoms with van der Waals surface area (Å²) in [5.41, 5.74) is 1.34. The number of imidazole rings is 1. The lowest BCUT2D eigenvalue weighted by Crippen LogP contribution is -2.40. The molecule has 0 saturated heterocycles. The number of benzene rings is 3. The number of halogens is 1. The summed E-state index contributed by atoms with van der Waals surface area (Å²) in [6.45, 7) is 6.44. The zero-order valence-corrected chi connectivity index (χ0v) is 28.6. The second-order valence-corrected chi connectivity index (χ2v) is 12.9. The molecule has 11 nitrogen and oxygen atoms in total. The van der Waals surface area contributed by atoms with Gasteiger partial charge < -0.3 is 29.6 Å². The Kier molecular flexibility index (Phi) is 9.85. The van der Waals surface area contributed by atoms with Crippen LogP contribution >= 0.6 is 0 Å². The van der Waals surface area contributed by atoms with Gasteiger partial charge in [0.05, 0.1) is 49.0 Å². The van der Waals surface area contributed by atoms with Gasteiger partial charge >= 0.3 is 5.69 Å². The number of hydrogen-bond donors (Lipinski definition) is 1. The van der Waals surface area contributed by atoms with Crippen LogP contribution < -0.4 is 20.1 Å². The van der Waals surface area contributed by atoms with Crippen molar-refractivity contribution in [3.63, 3.8) is 0 Å². The van der Waals surface area contributed by atoms with E-state index in [1.54, 1.807) is 85.8 Å². The van der Waals surface area contributed by atoms with E-state index in [-0.39, 0.29) is 42.5 Å². The number of carbonyl (C=O) groups excluding carboxylic acids is 1. The Balaban J connectivity index is 1.40. The van der Waals surface area contributed by atoms with Crippen LogP contribution in [-0.2, 0) is 4.79 Å². The summed E-state index contributed by atoms with van der Waals surface area (Å²) in [7, 11) is 1.63. The Labute approximate surface area is 290 Å². The number of quaternary nitrogens is 1. The van der Waals surface area contributed by atoms with E-state index < -0.39 is 16.2 Å². The molecule has 3 aromatic carbocycles. The number of nitrogens with zero attached hydrogens (tertiary/aromatic N) is 5. The largest absolute Gasteiger partial charge is 0.633 e. The quantitative estimate of drug-likeness (QED) is 0.0741. The molecule has 2 atom stereocenters. The molecule has 1 aliphatic heterocycles. The smallest absolute Gasteiger partial charge is 0.339 e. The van der Waals surface area contributed by atoms with Crippen molar-refractivity contribution in [2.75, 3.05) is 31.6 Å². The first kappa shape index (κ1) is 34.5. The number of ether oxygens (including phenoxy) is 2. The molecule has 50 heavy (non-hydrogen) atoms. The maximum absolute atomic E-state index is 14.5. The fourth-order valence-electron chi connectivity index (χ4n) is 5.85. The van der Waals surface area contributed by atoms with E-state index in [2.05, 4.69) is 0 Å². The maximum atomic E-state index is 14.5. The summed E-state index contributed by atoms with van der Waals surface area (Å²) in [4.78, 5) is 34.2. The summed E-state index contributed by atoms with van der Waals surface area (Å²) in [6, 6.07) is 17.8. The maximum Gasteiger partial charge on any atom is 0.339 e. The van der Waals surface area contributed by atoms with Gasteiger partial charge in [0.2, 0.25) is 0 Å². The highest BCUT2D eigenvalue weighted by Crippen LogP contribution is 2.36. The van der Waals surface area contributed by atoms with Gasteiger partial charge in [0, 0.05) is 31.2 Å². The Morgan fingerprint density at radius 3 is 2.54 bits per heavy atom. The molecule has 6 rings (SSSR count). The Bertz CT molecular complexity index is 2030. The molecule has 2 aliphatic rings. The molecular formula is C38H41FN6O5. The number of nitrogens with one attached hydrogen (secondary N) is 1. The minimum atomic E-state index is -0.469. The van der Waals surface area contributed by atoms with E-state index in [0.29, 0.717) is 46.6 Å². The van der Waals surface area contributed by atoms with Crippen LogP contribution in [0.25, 0.3) is 11.4 Å². The van der Waals surface area contributed by atoms with Crippen molar-refractivity contribution in [2.24, 2.45) is 10.9 Å². The summed E-state index contributed by atoms with van der Waals surface area (Å²) < 4.78 is 27.9. The number of anilines is 1. The number of aliphatic imine (C=N–C) groups is 1. The number of aromatic nitrogens is 2. The third-order valence-corrected chi connectivity index (χ3v) is 8.98. The Morgan fingerprint density at radius 2 is 1.86 bits per heavy atom. The SMILES string of the molecule is CCC(C)C=Nc1c(C(C)=N)n(-c2ccc(Oc3cccc(F)c3)cc2)c(=O)n1-c1ccc2c(c1)N(C(=O)C=CC[N+](C)([O-])C1CC1)CCO2. The molecule has 1 N–H and O–H groups in total. The summed E-state index contributed by atoms with van der Waals surface area (Å²) in [5, 5.41) is 21.5. The minimum Gasteiger partial charge on any atom is -0.633 e. The third-order valence-electron chi connectivity index (χ3n) is 8.98. The molecule has 1 aromatic heterocycles. The van der Waals surface area contributed by atoms with Gasteiger partial charge in [-0.25, -0.2) is 18.7 Å². The third kappa shape index (κ3) is 7.31. The average molecular weight is 681 g/mol. The molecule has 2 unspecified atom stereocenters. The van der Waals surface area contributed by atoms with Crippen molar-refractivity contribution in [3.05, 3.63) is 106 Å². The van der Waals surface area contributed by atoms with Crippen molar-refractivity contribution < 1.29 is 23.3 Å². The van der Waals surface area contributed by atoms with Crippen molar-refractivity contribution in [1.82, 2.24) is 9.13 Å². The van der Waals surface area contributed by atoms with Crippen LogP contribution in [0.3, 0.4) is 0 Å². The highest BCUT2D eigenvalue weighted by molar-refractivity contribution is 6.03. The van der Waals surface area contributed by atoms with E-state index in [0.717, 1.165) is 19.3 Å². The number of rotatable bonds is 12. The fraction of sp³-hybridized carbons (Fsp3) is 0.316. The Hall–Kier alpha value is -5.33. The molecular weight excluding hydrogens is 639 g/mol. The van der Waals surface area contributed by atoms with E-state index >= 15 is 0 Å². The molecule has 12 heteroatoms. The summed E-state index contributed by atoms with van der Waals surface area (Å²) >= 11 is 0. The minimum absolute atomic E-state index is 0.0882. The van der Waals surface area contributed by atoms with E-state index in [1.807, 2.05) is 13.8 Å². The molecule has 1 aliphatic carbocycles. The zero-order valence-electron chi connectivity index (χ0n) is 28.6. The van der Waals surface area contributed by atoms with Crippen LogP contribution in [0, 0.1) is 22.4 Å². The monoisotopic (exact) mass is 680 g/mol. The second-order valence-electron chi connectivity index (χ2n) is 12.9. The van der Waals surface area contributed by atoms with Crippen LogP contribution in [0.2, 0.25) is 0 Å². The summed E-state index contributed by atoms with van der Waals surface area (Å²) in [5.74, 6) is 0.916. The predicted molar refractivity (Wildman–Crippen MR) is 192 cm³/mol. The number of amides is 1. The van der Waals surface area contributed by atoms with Gasteiger partial charge in [-0.15, -0.1) is 0 Å². The van der Waals surface area contributed by atoms with Crippen LogP contribution in [0.1, 0.15) is 45.7 Å². The number of hydroxylamine groups is 3. The number of fused-ring (bicyclic) bond motifs is 1. The standard InChI is InChI=1S/C38H41FN6O5/c1-5-25(2)24-41-37-36(26(3)40)43(28-11-16-31(17-12-28)50-32-9-6-8-27(39)22-32)38(47)44(37)29-13-18-34-33(23-29)42(19-21-49-34)35(46)10-7-20-45(4,48)30-14-15-30/h6-13,16-18,22-25,30,40H,5,14-15,19-21H2,1-4H3. The molecule has 0 radical (unpaired) electrons. The van der Waals surface area contributed by atoms with Crippen LogP contribution in [0.15, 0.2) is 88.7 Å². The van der Waals surface area contributed by atoms with Gasteiger partial charge in [-0.2, -0.15) is 0 Å². The first-order valence-corrected chi connectivity index (χ1v) is 16.8. The molecule has 2 heterocycles. The lowest BCUT2D eigenvalue weighted by atomic mass is 10.1. The lowest BCUT2D eigenvalue weighted by molar-refractivity contribution is -0.865. The van der Waals surface area contributed by atoms with Crippen molar-refractivity contribution in [2.45, 2.75) is 46.1 Å². The van der Waals surface area contributed by atoms with Crippen LogP contribution in [-0.4, -0.2) is 64.4 Å². The highest BCUT2D eigenvalue weighted by atomic mass is 19.1. The van der Waals surface area contributed by atoms with Gasteiger partial charge in [0.25, 0.3) is 5.91 Å². The van der Waals surface area contributed by atoms with Gasteiger partial charge in [-0.3, -0.25) is 9.36 Å². The second kappa shape index (κ2) is 14.3. The number of hydrogen-bond acceptors (Lipinski definition) is 7. The highest BCUT2D eigenvalue weighted by Gasteiger charge is 2.34. The van der Waals surface area contributed by atoms with Gasteiger partial charge in [-0.05, 0) is 79.9 Å². The van der Waals surface area contributed by atoms with E-state index in [4.69, 9.17) is 19.9 Å². The number of likely N-dealkylation sites (N-methyl/N-ethyl adjacent to an activating group) is 1. The van der Waals surface area contributed by atoms with Crippen molar-refractivity contribution >= 4 is 29.3 Å². The fourth-order valence-corrected chi connectivity index (χ4v) is 5.85.